The summed E-state index contributed by atoms with van der Waals surface area (Å²) in [5, 5.41) is 4.02. The third kappa shape index (κ3) is 3.91. The summed E-state index contributed by atoms with van der Waals surface area (Å²) in [6.45, 7) is 0.786. The number of ether oxygens (including phenoxy) is 1. The van der Waals surface area contributed by atoms with Crippen LogP contribution in [0.1, 0.15) is 36.8 Å². The number of aryl methyl sites for hydroxylation is 1. The molecule has 1 saturated heterocycles. The first-order valence-electron chi connectivity index (χ1n) is 9.56. The number of carbonyl (C=O) groups is 1. The van der Waals surface area contributed by atoms with Crippen LogP contribution in [0.15, 0.2) is 59.1 Å². The third-order valence-electron chi connectivity index (χ3n) is 5.13. The molecule has 1 atom stereocenters. The summed E-state index contributed by atoms with van der Waals surface area (Å²) in [4.78, 5) is 19.2. The number of rotatable bonds is 6. The molecule has 2 aromatic carbocycles. The first-order chi connectivity index (χ1) is 13.7. The largest absolute Gasteiger partial charge is 0.497 e. The molecule has 1 aliphatic heterocycles. The van der Waals surface area contributed by atoms with Gasteiger partial charge in [0, 0.05) is 24.9 Å². The van der Waals surface area contributed by atoms with Crippen molar-refractivity contribution in [2.24, 2.45) is 0 Å². The van der Waals surface area contributed by atoms with Gasteiger partial charge < -0.3 is 14.2 Å². The quantitative estimate of drug-likeness (QED) is 0.648. The Hall–Kier alpha value is -3.15. The second-order valence-electron chi connectivity index (χ2n) is 6.90. The maximum Gasteiger partial charge on any atom is 0.227 e. The number of hydrogen-bond donors (Lipinski definition) is 0. The molecule has 6 nitrogen and oxygen atoms in total. The van der Waals surface area contributed by atoms with E-state index in [0.717, 1.165) is 36.3 Å². The summed E-state index contributed by atoms with van der Waals surface area (Å²) >= 11 is 0. The van der Waals surface area contributed by atoms with Gasteiger partial charge in [0.25, 0.3) is 0 Å². The molecule has 2 heterocycles. The molecule has 28 heavy (non-hydrogen) atoms. The first kappa shape index (κ1) is 18.2. The van der Waals surface area contributed by atoms with E-state index in [2.05, 4.69) is 10.1 Å². The molecule has 1 aromatic heterocycles. The molecule has 1 amide bonds. The summed E-state index contributed by atoms with van der Waals surface area (Å²) in [5.74, 6) is 2.00. The number of carbonyl (C=O) groups excluding carboxylic acids is 1. The lowest BCUT2D eigenvalue weighted by Gasteiger charge is -2.25. The highest BCUT2D eigenvalue weighted by Crippen LogP contribution is 2.33. The van der Waals surface area contributed by atoms with Gasteiger partial charge in [-0.2, -0.15) is 4.98 Å². The maximum absolute atomic E-state index is 12.8. The van der Waals surface area contributed by atoms with Crippen LogP contribution in [0.25, 0.3) is 11.4 Å². The van der Waals surface area contributed by atoms with E-state index in [1.807, 2.05) is 59.5 Å². The highest BCUT2D eigenvalue weighted by atomic mass is 16.5. The van der Waals surface area contributed by atoms with Gasteiger partial charge in [0.2, 0.25) is 17.6 Å². The van der Waals surface area contributed by atoms with E-state index in [-0.39, 0.29) is 11.9 Å². The van der Waals surface area contributed by atoms with Gasteiger partial charge in [-0.1, -0.05) is 47.6 Å². The van der Waals surface area contributed by atoms with Crippen LogP contribution in [0.3, 0.4) is 0 Å². The van der Waals surface area contributed by atoms with E-state index in [4.69, 9.17) is 9.26 Å². The van der Waals surface area contributed by atoms with Crippen molar-refractivity contribution in [2.45, 2.75) is 31.7 Å². The molecule has 6 heteroatoms. The second-order valence-corrected chi connectivity index (χ2v) is 6.90. The lowest BCUT2D eigenvalue weighted by molar-refractivity contribution is -0.132. The van der Waals surface area contributed by atoms with Crippen LogP contribution in [-0.4, -0.2) is 34.6 Å². The van der Waals surface area contributed by atoms with Crippen molar-refractivity contribution in [3.05, 3.63) is 66.1 Å². The van der Waals surface area contributed by atoms with Gasteiger partial charge in [0.15, 0.2) is 0 Å². The Morgan fingerprint density at radius 2 is 1.96 bits per heavy atom. The number of methoxy groups -OCH3 is 1. The average molecular weight is 377 g/mol. The minimum absolute atomic E-state index is 0.123. The predicted molar refractivity (Wildman–Crippen MR) is 105 cm³/mol. The number of likely N-dealkylation sites (tertiary alicyclic amines) is 1. The van der Waals surface area contributed by atoms with E-state index >= 15 is 0 Å². The van der Waals surface area contributed by atoms with Crippen molar-refractivity contribution in [2.75, 3.05) is 13.7 Å². The normalized spacial score (nSPS) is 16.3. The number of benzene rings is 2. The predicted octanol–water partition coefficient (Wildman–Crippen LogP) is 4.04. The summed E-state index contributed by atoms with van der Waals surface area (Å²) in [7, 11) is 1.65. The lowest BCUT2D eigenvalue weighted by atomic mass is 10.0. The molecule has 3 aromatic rings. The highest BCUT2D eigenvalue weighted by Gasteiger charge is 2.29. The molecular formula is C22H23N3O3. The fourth-order valence-corrected chi connectivity index (χ4v) is 3.66. The maximum atomic E-state index is 12.8. The van der Waals surface area contributed by atoms with E-state index in [0.29, 0.717) is 24.6 Å². The minimum atomic E-state index is 0.123. The summed E-state index contributed by atoms with van der Waals surface area (Å²) in [6.07, 6.45) is 2.81. The van der Waals surface area contributed by atoms with E-state index in [1.54, 1.807) is 7.11 Å². The van der Waals surface area contributed by atoms with Gasteiger partial charge >= 0.3 is 0 Å². The fourth-order valence-electron chi connectivity index (χ4n) is 3.66. The van der Waals surface area contributed by atoms with Gasteiger partial charge in [0.1, 0.15) is 5.75 Å². The van der Waals surface area contributed by atoms with Crippen LogP contribution in [0.2, 0.25) is 0 Å². The Morgan fingerprint density at radius 1 is 1.18 bits per heavy atom. The number of amides is 1. The van der Waals surface area contributed by atoms with Crippen LogP contribution in [0.5, 0.6) is 5.75 Å². The van der Waals surface area contributed by atoms with Crippen LogP contribution in [-0.2, 0) is 11.2 Å². The lowest BCUT2D eigenvalue weighted by Crippen LogP contribution is -2.30. The first-order valence-corrected chi connectivity index (χ1v) is 9.56. The smallest absolute Gasteiger partial charge is 0.227 e. The molecule has 0 unspecified atom stereocenters. The molecule has 0 N–H and O–H groups in total. The van der Waals surface area contributed by atoms with Crippen molar-refractivity contribution in [1.82, 2.24) is 15.0 Å². The number of aromatic nitrogens is 2. The molecule has 0 radical (unpaired) electrons. The zero-order valence-corrected chi connectivity index (χ0v) is 15.9. The zero-order chi connectivity index (χ0) is 19.3. The number of hydrogen-bond acceptors (Lipinski definition) is 5. The van der Waals surface area contributed by atoms with Crippen LogP contribution < -0.4 is 4.74 Å². The Kier molecular flexibility index (Phi) is 5.37. The molecular weight excluding hydrogens is 354 g/mol. The summed E-state index contributed by atoms with van der Waals surface area (Å²) in [6, 6.07) is 17.8. The van der Waals surface area contributed by atoms with E-state index < -0.39 is 0 Å². The molecule has 0 saturated carbocycles. The van der Waals surface area contributed by atoms with Gasteiger partial charge in [0.05, 0.1) is 13.2 Å². The molecule has 0 spiro atoms. The molecule has 1 fully saturated rings. The van der Waals surface area contributed by atoms with E-state index in [9.17, 15) is 4.79 Å². The second kappa shape index (κ2) is 8.25. The standard InChI is InChI=1S/C22H23N3O3/c1-27-18-11-9-16(10-12-18)19-8-5-15-25(19)21(26)14-13-20-23-22(24-28-20)17-6-3-2-4-7-17/h2-4,6-7,9-12,19H,5,8,13-15H2,1H3/t19-/m1/s1. The van der Waals surface area contributed by atoms with Gasteiger partial charge in [-0.3, -0.25) is 4.79 Å². The molecule has 0 bridgehead atoms. The van der Waals surface area contributed by atoms with Crippen LogP contribution in [0.4, 0.5) is 0 Å². The zero-order valence-electron chi connectivity index (χ0n) is 15.9. The highest BCUT2D eigenvalue weighted by molar-refractivity contribution is 5.77. The van der Waals surface area contributed by atoms with Crippen molar-refractivity contribution >= 4 is 5.91 Å². The Labute approximate surface area is 164 Å². The third-order valence-corrected chi connectivity index (χ3v) is 5.13. The van der Waals surface area contributed by atoms with Crippen LogP contribution >= 0.6 is 0 Å². The molecule has 4 rings (SSSR count). The van der Waals surface area contributed by atoms with Crippen molar-refractivity contribution < 1.29 is 14.1 Å². The Morgan fingerprint density at radius 3 is 2.71 bits per heavy atom. The molecule has 0 aliphatic carbocycles. The topological polar surface area (TPSA) is 68.5 Å². The van der Waals surface area contributed by atoms with Crippen molar-refractivity contribution in [3.63, 3.8) is 0 Å². The average Bonchev–Trinajstić information content (AvgIpc) is 3.43. The summed E-state index contributed by atoms with van der Waals surface area (Å²) in [5.41, 5.74) is 2.05. The SMILES string of the molecule is COc1ccc([C@H]2CCCN2C(=O)CCc2nc(-c3ccccc3)no2)cc1. The minimum Gasteiger partial charge on any atom is -0.497 e. The summed E-state index contributed by atoms with van der Waals surface area (Å²) < 4.78 is 10.5. The Bertz CT molecular complexity index is 922. The van der Waals surface area contributed by atoms with Gasteiger partial charge in [-0.15, -0.1) is 0 Å². The van der Waals surface area contributed by atoms with Gasteiger partial charge in [-0.05, 0) is 30.5 Å². The van der Waals surface area contributed by atoms with E-state index in [1.165, 1.54) is 0 Å². The van der Waals surface area contributed by atoms with Crippen molar-refractivity contribution in [3.8, 4) is 17.1 Å². The van der Waals surface area contributed by atoms with Gasteiger partial charge in [-0.25, -0.2) is 0 Å². The fraction of sp³-hybridized carbons (Fsp3) is 0.318. The molecule has 1 aliphatic rings. The Balaban J connectivity index is 1.38. The monoisotopic (exact) mass is 377 g/mol. The van der Waals surface area contributed by atoms with Crippen molar-refractivity contribution in [1.29, 1.82) is 0 Å². The number of nitrogens with zero attached hydrogens (tertiary/aromatic N) is 3. The van der Waals surface area contributed by atoms with Crippen LogP contribution in [0, 0.1) is 0 Å². The molecule has 144 valence electrons.